The first-order valence-corrected chi connectivity index (χ1v) is 9.54. The van der Waals surface area contributed by atoms with Crippen molar-refractivity contribution in [1.82, 2.24) is 20.1 Å². The molecule has 0 fully saturated rings. The van der Waals surface area contributed by atoms with Crippen molar-refractivity contribution in [2.45, 2.75) is 19.5 Å². The van der Waals surface area contributed by atoms with E-state index in [1.165, 1.54) is 24.3 Å². The highest BCUT2D eigenvalue weighted by Crippen LogP contribution is 2.31. The van der Waals surface area contributed by atoms with Crippen LogP contribution in [0.25, 0.3) is 16.6 Å². The number of aromatic hydroxyl groups is 1. The van der Waals surface area contributed by atoms with Crippen LogP contribution in [0.5, 0.6) is 5.75 Å². The summed E-state index contributed by atoms with van der Waals surface area (Å²) in [4.78, 5) is 15.9. The number of hydrogen-bond donors (Lipinski definition) is 3. The molecule has 0 aliphatic heterocycles. The van der Waals surface area contributed by atoms with Crippen molar-refractivity contribution in [2.75, 3.05) is 6.54 Å². The Morgan fingerprint density at radius 2 is 1.97 bits per heavy atom. The first kappa shape index (κ1) is 20.5. The Hall–Kier alpha value is -3.75. The molecule has 3 N–H and O–H groups in total. The van der Waals surface area contributed by atoms with Gasteiger partial charge in [-0.25, -0.2) is 4.68 Å². The predicted molar refractivity (Wildman–Crippen MR) is 109 cm³/mol. The SMILES string of the molecule is Cc1ccc2[nH]cc(CCNC(=O)c3cc(C(F)(F)F)nn3-c3ccccc3O)c2c1. The van der Waals surface area contributed by atoms with Crippen LogP contribution in [0.2, 0.25) is 0 Å². The van der Waals surface area contributed by atoms with Crippen LogP contribution in [-0.4, -0.2) is 32.3 Å². The topological polar surface area (TPSA) is 82.9 Å². The number of phenols is 1. The fourth-order valence-corrected chi connectivity index (χ4v) is 3.41. The number of carbonyl (C=O) groups excluding carboxylic acids is 1. The smallest absolute Gasteiger partial charge is 0.435 e. The standard InChI is InChI=1S/C22H19F3N4O2/c1-13-6-7-16-15(10-13)14(12-27-16)8-9-26-21(31)18-11-20(22(23,24)25)28-29(18)17-4-2-3-5-19(17)30/h2-7,10-12,27,30H,8-9H2,1H3,(H,26,31). The van der Waals surface area contributed by atoms with Gasteiger partial charge in [-0.2, -0.15) is 18.3 Å². The van der Waals surface area contributed by atoms with Gasteiger partial charge in [0.15, 0.2) is 5.69 Å². The van der Waals surface area contributed by atoms with E-state index in [2.05, 4.69) is 15.4 Å². The molecular formula is C22H19F3N4O2. The number of hydrogen-bond acceptors (Lipinski definition) is 3. The summed E-state index contributed by atoms with van der Waals surface area (Å²) in [7, 11) is 0. The molecule has 0 spiro atoms. The number of carbonyl (C=O) groups is 1. The maximum absolute atomic E-state index is 13.2. The summed E-state index contributed by atoms with van der Waals surface area (Å²) in [5, 5.41) is 17.2. The molecule has 0 saturated carbocycles. The zero-order valence-corrected chi connectivity index (χ0v) is 16.5. The Labute approximate surface area is 175 Å². The number of H-pyrrole nitrogens is 1. The van der Waals surface area contributed by atoms with E-state index in [9.17, 15) is 23.1 Å². The van der Waals surface area contributed by atoms with E-state index in [0.29, 0.717) is 12.5 Å². The molecule has 0 radical (unpaired) electrons. The third-order valence-corrected chi connectivity index (χ3v) is 4.95. The lowest BCUT2D eigenvalue weighted by molar-refractivity contribution is -0.141. The van der Waals surface area contributed by atoms with Gasteiger partial charge in [-0.15, -0.1) is 0 Å². The average Bonchev–Trinajstić information content (AvgIpc) is 3.33. The summed E-state index contributed by atoms with van der Waals surface area (Å²) in [5.74, 6) is -1.01. The first-order valence-electron chi connectivity index (χ1n) is 9.54. The molecule has 6 nitrogen and oxygen atoms in total. The number of para-hydroxylation sites is 2. The number of alkyl halides is 3. The number of nitrogens with zero attached hydrogens (tertiary/aromatic N) is 2. The van der Waals surface area contributed by atoms with Crippen molar-refractivity contribution in [3.8, 4) is 11.4 Å². The van der Waals surface area contributed by atoms with E-state index in [-0.39, 0.29) is 23.7 Å². The summed E-state index contributed by atoms with van der Waals surface area (Å²) in [5.41, 5.74) is 1.51. The summed E-state index contributed by atoms with van der Waals surface area (Å²) < 4.78 is 40.4. The molecule has 0 aliphatic carbocycles. The molecule has 0 bridgehead atoms. The largest absolute Gasteiger partial charge is 0.506 e. The van der Waals surface area contributed by atoms with Crippen molar-refractivity contribution in [3.05, 3.63) is 77.2 Å². The van der Waals surface area contributed by atoms with Crippen molar-refractivity contribution in [2.24, 2.45) is 0 Å². The van der Waals surface area contributed by atoms with Crippen molar-refractivity contribution in [1.29, 1.82) is 0 Å². The molecule has 31 heavy (non-hydrogen) atoms. The molecule has 0 unspecified atom stereocenters. The summed E-state index contributed by atoms with van der Waals surface area (Å²) in [6.45, 7) is 2.20. The van der Waals surface area contributed by atoms with Crippen LogP contribution in [0.1, 0.15) is 27.3 Å². The van der Waals surface area contributed by atoms with Gasteiger partial charge in [-0.05, 0) is 43.2 Å². The molecular weight excluding hydrogens is 409 g/mol. The highest BCUT2D eigenvalue weighted by atomic mass is 19.4. The maximum Gasteiger partial charge on any atom is 0.435 e. The number of aromatic nitrogens is 3. The van der Waals surface area contributed by atoms with Crippen LogP contribution < -0.4 is 5.32 Å². The number of nitrogens with one attached hydrogen (secondary N) is 2. The van der Waals surface area contributed by atoms with Gasteiger partial charge in [-0.3, -0.25) is 4.79 Å². The highest BCUT2D eigenvalue weighted by Gasteiger charge is 2.36. The highest BCUT2D eigenvalue weighted by molar-refractivity contribution is 5.93. The molecule has 160 valence electrons. The predicted octanol–water partition coefficient (Wildman–Crippen LogP) is 4.36. The Morgan fingerprint density at radius 1 is 1.19 bits per heavy atom. The fourth-order valence-electron chi connectivity index (χ4n) is 3.41. The van der Waals surface area contributed by atoms with Crippen molar-refractivity contribution < 1.29 is 23.1 Å². The number of benzene rings is 2. The minimum atomic E-state index is -4.73. The Bertz CT molecular complexity index is 1260. The van der Waals surface area contributed by atoms with Crippen LogP contribution in [0.3, 0.4) is 0 Å². The van der Waals surface area contributed by atoms with Gasteiger partial charge < -0.3 is 15.4 Å². The molecule has 2 heterocycles. The summed E-state index contributed by atoms with van der Waals surface area (Å²) in [6, 6.07) is 12.4. The minimum absolute atomic E-state index is 0.0183. The van der Waals surface area contributed by atoms with Crippen LogP contribution in [0, 0.1) is 6.92 Å². The molecule has 2 aromatic heterocycles. The van der Waals surface area contributed by atoms with Gasteiger partial charge in [-0.1, -0.05) is 23.8 Å². The quantitative estimate of drug-likeness (QED) is 0.442. The summed E-state index contributed by atoms with van der Waals surface area (Å²) in [6.07, 6.45) is -2.39. The second-order valence-electron chi connectivity index (χ2n) is 7.18. The molecule has 4 aromatic rings. The number of halogens is 3. The zero-order chi connectivity index (χ0) is 22.2. The molecule has 1 amide bonds. The minimum Gasteiger partial charge on any atom is -0.506 e. The maximum atomic E-state index is 13.2. The van der Waals surface area contributed by atoms with Crippen LogP contribution >= 0.6 is 0 Å². The Balaban J connectivity index is 1.57. The molecule has 9 heteroatoms. The van der Waals surface area contributed by atoms with Gasteiger partial charge >= 0.3 is 6.18 Å². The van der Waals surface area contributed by atoms with E-state index in [0.717, 1.165) is 26.7 Å². The lowest BCUT2D eigenvalue weighted by Crippen LogP contribution is -2.27. The third-order valence-electron chi connectivity index (χ3n) is 4.95. The normalized spacial score (nSPS) is 11.7. The lowest BCUT2D eigenvalue weighted by atomic mass is 10.1. The molecule has 0 saturated heterocycles. The van der Waals surface area contributed by atoms with Gasteiger partial charge in [0.2, 0.25) is 0 Å². The summed E-state index contributed by atoms with van der Waals surface area (Å²) >= 11 is 0. The van der Waals surface area contributed by atoms with Crippen LogP contribution in [0.15, 0.2) is 54.7 Å². The lowest BCUT2D eigenvalue weighted by Gasteiger charge is -2.09. The van der Waals surface area contributed by atoms with Gasteiger partial charge in [0.1, 0.15) is 17.1 Å². The second-order valence-corrected chi connectivity index (χ2v) is 7.18. The van der Waals surface area contributed by atoms with Crippen LogP contribution in [0.4, 0.5) is 13.2 Å². The van der Waals surface area contributed by atoms with E-state index < -0.39 is 17.8 Å². The van der Waals surface area contributed by atoms with Gasteiger partial charge in [0, 0.05) is 29.7 Å². The number of rotatable bonds is 5. The number of fused-ring (bicyclic) bond motifs is 1. The van der Waals surface area contributed by atoms with E-state index in [1.807, 2.05) is 31.3 Å². The third kappa shape index (κ3) is 4.11. The zero-order valence-electron chi connectivity index (χ0n) is 16.5. The van der Waals surface area contributed by atoms with Gasteiger partial charge in [0.25, 0.3) is 5.91 Å². The van der Waals surface area contributed by atoms with Gasteiger partial charge in [0.05, 0.1) is 0 Å². The number of aryl methyl sites for hydroxylation is 1. The van der Waals surface area contributed by atoms with Crippen LogP contribution in [-0.2, 0) is 12.6 Å². The molecule has 0 aliphatic rings. The molecule has 4 rings (SSSR count). The van der Waals surface area contributed by atoms with Crippen molar-refractivity contribution >= 4 is 16.8 Å². The van der Waals surface area contributed by atoms with E-state index in [1.54, 1.807) is 0 Å². The van der Waals surface area contributed by atoms with E-state index >= 15 is 0 Å². The monoisotopic (exact) mass is 428 g/mol. The molecule has 0 atom stereocenters. The number of amides is 1. The number of phenolic OH excluding ortho intramolecular Hbond substituents is 1. The fraction of sp³-hybridized carbons (Fsp3) is 0.182. The molecule has 2 aromatic carbocycles. The number of aromatic amines is 1. The Morgan fingerprint density at radius 3 is 2.71 bits per heavy atom. The second kappa shape index (κ2) is 7.82. The first-order chi connectivity index (χ1) is 14.7. The van der Waals surface area contributed by atoms with E-state index in [4.69, 9.17) is 0 Å². The van der Waals surface area contributed by atoms with Crippen molar-refractivity contribution in [3.63, 3.8) is 0 Å². The Kier molecular flexibility index (Phi) is 5.18. The average molecular weight is 428 g/mol.